The predicted molar refractivity (Wildman–Crippen MR) is 336 cm³/mol. The normalized spacial score (nSPS) is 23.8. The number of amides is 9. The van der Waals surface area contributed by atoms with Crippen molar-refractivity contribution in [3.05, 3.63) is 82.4 Å². The number of halogens is 2. The lowest BCUT2D eigenvalue weighted by atomic mass is 9.83. The minimum atomic E-state index is -1.91. The van der Waals surface area contributed by atoms with Crippen LogP contribution in [0.5, 0.6) is 5.75 Å². The van der Waals surface area contributed by atoms with E-state index in [1.54, 1.807) is 70.2 Å². The van der Waals surface area contributed by atoms with Gasteiger partial charge in [-0.15, -0.1) is 0 Å². The molecule has 3 aliphatic heterocycles. The van der Waals surface area contributed by atoms with Gasteiger partial charge in [0.25, 0.3) is 5.91 Å². The molecule has 0 saturated carbocycles. The zero-order valence-electron chi connectivity index (χ0n) is 52.0. The molecule has 25 nitrogen and oxygen atoms in total. The van der Waals surface area contributed by atoms with Gasteiger partial charge in [0.15, 0.2) is 5.72 Å². The Morgan fingerprint density at radius 1 is 0.966 bits per heavy atom. The summed E-state index contributed by atoms with van der Waals surface area (Å²) in [7, 11) is 5.82. The molecule has 4 bridgehead atoms. The topological polar surface area (TPSA) is 341 Å². The number of likely N-dealkylation sites (N-methyl/N-ethyl adjacent to an activating group) is 1. The second-order valence-corrected chi connectivity index (χ2v) is 24.5. The summed E-state index contributed by atoms with van der Waals surface area (Å²) in [6, 6.07) is 7.15. The molecule has 0 unspecified atom stereocenters. The number of allylic oxidation sites excluding steroid dienone is 3. The number of alkyl carbamates (subject to hydrolysis) is 1. The number of urea groups is 1. The number of carbonyl (C=O) groups excluding carboxylic acids is 9. The van der Waals surface area contributed by atoms with E-state index in [-0.39, 0.29) is 66.4 Å². The van der Waals surface area contributed by atoms with Gasteiger partial charge in [0.05, 0.1) is 30.8 Å². The van der Waals surface area contributed by atoms with Gasteiger partial charge < -0.3 is 70.9 Å². The fraction of sp³-hybridized carbons (Fsp3) is 0.548. The Labute approximate surface area is 531 Å². The third-order valence-corrected chi connectivity index (χ3v) is 17.0. The van der Waals surface area contributed by atoms with Gasteiger partial charge >= 0.3 is 18.1 Å². The number of nitrogens with one attached hydrogen (secondary N) is 6. The molecule has 10 atom stereocenters. The third kappa shape index (κ3) is 18.8. The lowest BCUT2D eigenvalue weighted by Gasteiger charge is -2.42. The van der Waals surface area contributed by atoms with Crippen LogP contribution in [0.4, 0.5) is 21.1 Å². The first-order valence-corrected chi connectivity index (χ1v) is 31.2. The van der Waals surface area contributed by atoms with Crippen molar-refractivity contribution in [3.63, 3.8) is 0 Å². The van der Waals surface area contributed by atoms with Crippen LogP contribution in [0, 0.1) is 11.8 Å². The number of pyridine rings is 1. The van der Waals surface area contributed by atoms with Crippen LogP contribution >= 0.6 is 27.5 Å². The first kappa shape index (κ1) is 70.7. The molecule has 89 heavy (non-hydrogen) atoms. The van der Waals surface area contributed by atoms with Gasteiger partial charge in [-0.25, -0.2) is 19.4 Å². The molecule has 0 aliphatic carbocycles. The number of hydrogen-bond acceptors (Lipinski definition) is 16. The van der Waals surface area contributed by atoms with Crippen LogP contribution in [0.15, 0.2) is 66.3 Å². The van der Waals surface area contributed by atoms with Crippen LogP contribution < -0.4 is 47.3 Å². The average Bonchev–Trinajstić information content (AvgIpc) is 1.89. The first-order valence-electron chi connectivity index (χ1n) is 29.7. The van der Waals surface area contributed by atoms with Crippen molar-refractivity contribution in [2.75, 3.05) is 57.0 Å². The summed E-state index contributed by atoms with van der Waals surface area (Å²) in [6.45, 7) is 10.9. The maximum Gasteiger partial charge on any atom is 0.409 e. The molecule has 3 aromatic rings. The van der Waals surface area contributed by atoms with Gasteiger partial charge in [-0.05, 0) is 107 Å². The van der Waals surface area contributed by atoms with Gasteiger partial charge in [0, 0.05) is 75.8 Å². The van der Waals surface area contributed by atoms with E-state index in [4.69, 9.17) is 41.0 Å². The lowest BCUT2D eigenvalue weighted by molar-refractivity contribution is -0.158. The maximum absolute atomic E-state index is 14.5. The smallest absolute Gasteiger partial charge is 0.409 e. The Balaban J connectivity index is 1.16. The first-order chi connectivity index (χ1) is 42.1. The van der Waals surface area contributed by atoms with Crippen LogP contribution in [0.25, 0.3) is 10.9 Å². The van der Waals surface area contributed by atoms with Crippen LogP contribution in [0.1, 0.15) is 115 Å². The van der Waals surface area contributed by atoms with E-state index in [9.17, 15) is 48.3 Å². The number of alkyl halides is 1. The van der Waals surface area contributed by atoms with Crippen LogP contribution in [-0.2, 0) is 54.1 Å². The number of aromatic nitrogens is 1. The number of ether oxygens (including phenoxy) is 5. The van der Waals surface area contributed by atoms with E-state index < -0.39 is 108 Å². The van der Waals surface area contributed by atoms with Crippen LogP contribution in [-0.4, -0.2) is 169 Å². The number of fused-ring (bicyclic) bond motifs is 6. The quantitative estimate of drug-likeness (QED) is 0.0226. The number of nitrogens with two attached hydrogens (primary N) is 1. The number of carbonyl (C=O) groups is 9. The fourth-order valence-electron chi connectivity index (χ4n) is 10.7. The molecule has 3 aliphatic rings. The molecule has 0 spiro atoms. The highest BCUT2D eigenvalue weighted by atomic mass is 79.9. The third-order valence-electron chi connectivity index (χ3n) is 16.2. The number of epoxide rings is 1. The van der Waals surface area contributed by atoms with Crippen molar-refractivity contribution in [2.24, 2.45) is 17.6 Å². The maximum atomic E-state index is 14.5. The molecule has 486 valence electrons. The number of aliphatic hydroxyl groups is 1. The Morgan fingerprint density at radius 3 is 2.38 bits per heavy atom. The SMILES string of the molecule is COc1cc2cc(c1Cl)N(C)C(=O)C[C@H](OC(=O)[C@H](C)N(C)C(=O)c1ccc3nc(NC(=O)[C@H](CCCNC(N)=O)NC(=O)[C@@H](NC(=O)CCCCCNC(=O)CCBr)C(C)C)ccc3c1)[C@]1(C)O[C@H]1[C@H](C)[C@@H]1C[C@@](O)(NC(=O)O1)[C@H](OC)/C=C/C=C(\C)C2. The molecular weight excluding hydrogens is 1240 g/mol. The fourth-order valence-corrected chi connectivity index (χ4v) is 11.4. The van der Waals surface area contributed by atoms with E-state index in [0.717, 1.165) is 11.1 Å². The number of rotatable bonds is 24. The van der Waals surface area contributed by atoms with E-state index in [2.05, 4.69) is 52.8 Å². The lowest BCUT2D eigenvalue weighted by Crippen LogP contribution is -2.63. The number of unbranched alkanes of at least 4 members (excludes halogenated alkanes) is 2. The summed E-state index contributed by atoms with van der Waals surface area (Å²) in [5.41, 5.74) is 4.49. The van der Waals surface area contributed by atoms with Gasteiger partial charge in [0.1, 0.15) is 58.6 Å². The van der Waals surface area contributed by atoms with E-state index >= 15 is 0 Å². The summed E-state index contributed by atoms with van der Waals surface area (Å²) in [5.74, 6) is -4.17. The molecule has 2 aromatic carbocycles. The summed E-state index contributed by atoms with van der Waals surface area (Å²) in [4.78, 5) is 127. The van der Waals surface area contributed by atoms with Crippen molar-refractivity contribution in [1.82, 2.24) is 36.5 Å². The molecule has 9 amide bonds. The highest BCUT2D eigenvalue weighted by molar-refractivity contribution is 9.09. The zero-order chi connectivity index (χ0) is 65.5. The van der Waals surface area contributed by atoms with E-state index in [1.165, 1.54) is 57.2 Å². The second kappa shape index (κ2) is 31.9. The molecule has 4 heterocycles. The largest absolute Gasteiger partial charge is 0.495 e. The number of hydrogen-bond donors (Lipinski definition) is 8. The molecule has 6 rings (SSSR count). The molecule has 9 N–H and O–H groups in total. The average molecular weight is 1320 g/mol. The molecule has 2 saturated heterocycles. The standard InChI is InChI=1S/C62H84BrClN10O15/c1-34(2)53(71-50(76)19-12-11-13-26-66-49(75)24-25-63)56(79)69-42(17-15-27-67-59(65)82)55(78)70-48-23-21-39-31-40(20-22-41(39)68-48)57(80)73(7)37(5)58(81)88-47-32-51(77)74(8)43-29-38(30-44(85-9)52(43)64)28-35(3)16-14-18-46(86-10)62(84)33-45(87-60(83)72-62)36(4)54-61(47,6)89-54/h14,16,18,20-23,29-31,34,36-37,42,45-47,53-54,84H,11-13,15,17,19,24-28,32-33H2,1-10H3,(H,66,75)(H,69,79)(H,71,76)(H,72,83)(H3,65,67,82)(H,68,70,78)/b18-14+,35-16+/t36-,37+,42+,45+,46-,47+,53+,54+,61+,62+/m1/s1. The predicted octanol–water partition coefficient (Wildman–Crippen LogP) is 5.85. The van der Waals surface area contributed by atoms with Crippen molar-refractivity contribution < 1.29 is 71.9 Å². The molecule has 1 aromatic heterocycles. The van der Waals surface area contributed by atoms with Gasteiger partial charge in [-0.2, -0.15) is 0 Å². The Hall–Kier alpha value is -7.39. The number of nitrogens with zero attached hydrogens (tertiary/aromatic N) is 3. The monoisotopic (exact) mass is 1320 g/mol. The summed E-state index contributed by atoms with van der Waals surface area (Å²) in [5, 5.41) is 29.3. The number of esters is 1. The van der Waals surface area contributed by atoms with Crippen molar-refractivity contribution >= 4 is 103 Å². The summed E-state index contributed by atoms with van der Waals surface area (Å²) >= 11 is 10.1. The van der Waals surface area contributed by atoms with Crippen LogP contribution in [0.3, 0.4) is 0 Å². The van der Waals surface area contributed by atoms with E-state index in [1.807, 2.05) is 13.0 Å². The highest BCUT2D eigenvalue weighted by Gasteiger charge is 2.64. The Bertz CT molecular complexity index is 3170. The van der Waals surface area contributed by atoms with E-state index in [0.29, 0.717) is 66.3 Å². The van der Waals surface area contributed by atoms with Crippen molar-refractivity contribution in [3.8, 4) is 5.75 Å². The zero-order valence-corrected chi connectivity index (χ0v) is 54.3. The van der Waals surface area contributed by atoms with Crippen molar-refractivity contribution in [1.29, 1.82) is 0 Å². The van der Waals surface area contributed by atoms with Gasteiger partial charge in [-0.3, -0.25) is 34.1 Å². The minimum absolute atomic E-state index is 0.0596. The van der Waals surface area contributed by atoms with Gasteiger partial charge in [-0.1, -0.05) is 78.5 Å². The Kier molecular flexibility index (Phi) is 25.3. The second-order valence-electron chi connectivity index (χ2n) is 23.3. The number of benzene rings is 2. The molecule has 27 heteroatoms. The highest BCUT2D eigenvalue weighted by Crippen LogP contribution is 2.49. The number of anilines is 2. The summed E-state index contributed by atoms with van der Waals surface area (Å²) in [6.07, 6.45) is 2.86. The molecule has 2 fully saturated rings. The molecular formula is C62H84BrClN10O15. The number of methoxy groups -OCH3 is 2. The van der Waals surface area contributed by atoms with Crippen LogP contribution in [0.2, 0.25) is 5.02 Å². The van der Waals surface area contributed by atoms with Crippen molar-refractivity contribution in [2.45, 2.75) is 160 Å². The Morgan fingerprint density at radius 2 is 1.70 bits per heavy atom. The molecule has 0 radical (unpaired) electrons. The summed E-state index contributed by atoms with van der Waals surface area (Å²) < 4.78 is 29.6. The number of primary amides is 1. The minimum Gasteiger partial charge on any atom is -0.495 e. The van der Waals surface area contributed by atoms with Gasteiger partial charge in [0.2, 0.25) is 29.5 Å².